The van der Waals surface area contributed by atoms with Crippen molar-refractivity contribution in [3.8, 4) is 5.75 Å². The molecule has 1 fully saturated rings. The molecular weight excluding hydrogens is 288 g/mol. The molecule has 0 radical (unpaired) electrons. The number of alkyl halides is 2. The normalized spacial score (nSPS) is 22.1. The van der Waals surface area contributed by atoms with Gasteiger partial charge in [-0.3, -0.25) is 4.79 Å². The molecule has 1 aliphatic carbocycles. The fraction of sp³-hybridized carbons (Fsp3) is 0.471. The first kappa shape index (κ1) is 16.5. The lowest BCUT2D eigenvalue weighted by molar-refractivity contribution is -0.118. The van der Waals surface area contributed by atoms with Crippen molar-refractivity contribution in [1.82, 2.24) is 0 Å². The molecule has 0 spiro atoms. The number of amides is 1. The van der Waals surface area contributed by atoms with E-state index < -0.39 is 6.61 Å². The first-order valence-corrected chi connectivity index (χ1v) is 7.22. The largest absolute Gasteiger partial charge is 0.435 e. The van der Waals surface area contributed by atoms with Crippen LogP contribution in [0.2, 0.25) is 0 Å². The molecule has 1 aliphatic rings. The highest BCUT2D eigenvalue weighted by Gasteiger charge is 2.60. The Morgan fingerprint density at radius 2 is 1.86 bits per heavy atom. The predicted octanol–water partition coefficient (Wildman–Crippen LogP) is 4.46. The Hall–Kier alpha value is -1.91. The van der Waals surface area contributed by atoms with Crippen molar-refractivity contribution in [2.75, 3.05) is 5.32 Å². The summed E-state index contributed by atoms with van der Waals surface area (Å²) in [6.07, 6.45) is 2.13. The molecule has 5 heteroatoms. The number of ether oxygens (including phenoxy) is 1. The smallest absolute Gasteiger partial charge is 0.387 e. The molecule has 0 aliphatic heterocycles. The molecule has 1 aromatic rings. The van der Waals surface area contributed by atoms with Crippen LogP contribution in [0.3, 0.4) is 0 Å². The first-order chi connectivity index (χ1) is 10.2. The van der Waals surface area contributed by atoms with E-state index in [1.54, 1.807) is 12.1 Å². The molecule has 1 aromatic carbocycles. The minimum Gasteiger partial charge on any atom is -0.435 e. The fourth-order valence-electron chi connectivity index (χ4n) is 2.79. The average molecular weight is 309 g/mol. The summed E-state index contributed by atoms with van der Waals surface area (Å²) in [6.45, 7) is 5.33. The Labute approximate surface area is 129 Å². The number of hydrogen-bond donors (Lipinski definition) is 1. The van der Waals surface area contributed by atoms with Crippen molar-refractivity contribution in [3.63, 3.8) is 0 Å². The van der Waals surface area contributed by atoms with Crippen LogP contribution in [0.4, 0.5) is 14.5 Å². The van der Waals surface area contributed by atoms with Gasteiger partial charge in [0.25, 0.3) is 0 Å². The van der Waals surface area contributed by atoms with Crippen molar-refractivity contribution in [2.45, 2.75) is 34.3 Å². The molecule has 0 saturated heterocycles. The summed E-state index contributed by atoms with van der Waals surface area (Å²) in [5.41, 5.74) is 1.72. The molecule has 0 unspecified atom stereocenters. The maximum Gasteiger partial charge on any atom is 0.387 e. The van der Waals surface area contributed by atoms with Gasteiger partial charge in [0, 0.05) is 5.69 Å². The summed E-state index contributed by atoms with van der Waals surface area (Å²) in [6, 6.07) is 5.93. The van der Waals surface area contributed by atoms with Crippen LogP contribution in [0.5, 0.6) is 5.75 Å². The zero-order chi connectivity index (χ0) is 16.5. The summed E-state index contributed by atoms with van der Waals surface area (Å²) < 4.78 is 28.4. The second-order valence-corrected chi connectivity index (χ2v) is 6.46. The SMILES string of the molecule is CC(C)=C[C@@H]1[C@H](C(=O)Nc2ccc(OC(F)F)cc2)C1(C)C. The minimum absolute atomic E-state index is 0.0463. The number of hydrogen-bond acceptors (Lipinski definition) is 2. The lowest BCUT2D eigenvalue weighted by atomic mass is 10.1. The van der Waals surface area contributed by atoms with Gasteiger partial charge in [-0.15, -0.1) is 0 Å². The van der Waals surface area contributed by atoms with Gasteiger partial charge in [-0.1, -0.05) is 25.5 Å². The Balaban J connectivity index is 1.99. The summed E-state index contributed by atoms with van der Waals surface area (Å²) in [4.78, 5) is 12.4. The summed E-state index contributed by atoms with van der Waals surface area (Å²) in [7, 11) is 0. The van der Waals surface area contributed by atoms with Crippen LogP contribution in [-0.4, -0.2) is 12.5 Å². The fourth-order valence-corrected chi connectivity index (χ4v) is 2.79. The van der Waals surface area contributed by atoms with E-state index in [2.05, 4.69) is 30.0 Å². The number of benzene rings is 1. The minimum atomic E-state index is -2.85. The number of carbonyl (C=O) groups is 1. The van der Waals surface area contributed by atoms with Crippen LogP contribution < -0.4 is 10.1 Å². The van der Waals surface area contributed by atoms with Crippen molar-refractivity contribution < 1.29 is 18.3 Å². The number of allylic oxidation sites excluding steroid dienone is 2. The van der Waals surface area contributed by atoms with Gasteiger partial charge in [0.2, 0.25) is 5.91 Å². The van der Waals surface area contributed by atoms with Gasteiger partial charge in [0.15, 0.2) is 0 Å². The van der Waals surface area contributed by atoms with E-state index in [-0.39, 0.29) is 28.9 Å². The quantitative estimate of drug-likeness (QED) is 0.815. The highest BCUT2D eigenvalue weighted by Crippen LogP contribution is 2.59. The van der Waals surface area contributed by atoms with E-state index in [0.29, 0.717) is 5.69 Å². The van der Waals surface area contributed by atoms with E-state index in [4.69, 9.17) is 0 Å². The molecule has 0 heterocycles. The zero-order valence-electron chi connectivity index (χ0n) is 13.2. The molecule has 22 heavy (non-hydrogen) atoms. The van der Waals surface area contributed by atoms with E-state index in [0.717, 1.165) is 0 Å². The Bertz CT molecular complexity index is 575. The number of nitrogens with one attached hydrogen (secondary N) is 1. The van der Waals surface area contributed by atoms with Gasteiger partial charge in [0.1, 0.15) is 5.75 Å². The van der Waals surface area contributed by atoms with E-state index in [9.17, 15) is 13.6 Å². The third-order valence-electron chi connectivity index (χ3n) is 4.05. The molecular formula is C17H21F2NO2. The highest BCUT2D eigenvalue weighted by atomic mass is 19.3. The highest BCUT2D eigenvalue weighted by molar-refractivity contribution is 5.95. The monoisotopic (exact) mass is 309 g/mol. The predicted molar refractivity (Wildman–Crippen MR) is 81.9 cm³/mol. The molecule has 3 nitrogen and oxygen atoms in total. The van der Waals surface area contributed by atoms with Crippen molar-refractivity contribution >= 4 is 11.6 Å². The number of carbonyl (C=O) groups excluding carboxylic acids is 1. The molecule has 1 N–H and O–H groups in total. The van der Waals surface area contributed by atoms with Crippen LogP contribution >= 0.6 is 0 Å². The van der Waals surface area contributed by atoms with E-state index >= 15 is 0 Å². The van der Waals surface area contributed by atoms with Gasteiger partial charge in [-0.25, -0.2) is 0 Å². The van der Waals surface area contributed by atoms with Gasteiger partial charge in [0.05, 0.1) is 5.92 Å². The van der Waals surface area contributed by atoms with Crippen LogP contribution in [0.1, 0.15) is 27.7 Å². The summed E-state index contributed by atoms with van der Waals surface area (Å²) in [5.74, 6) is 0.190. The first-order valence-electron chi connectivity index (χ1n) is 7.22. The average Bonchev–Trinajstić information content (AvgIpc) is 2.91. The van der Waals surface area contributed by atoms with Crippen molar-refractivity contribution in [2.24, 2.45) is 17.3 Å². The third kappa shape index (κ3) is 3.64. The molecule has 2 rings (SSSR count). The standard InChI is InChI=1S/C17H21F2NO2/c1-10(2)9-13-14(17(13,3)4)15(21)20-11-5-7-12(8-6-11)22-16(18)19/h5-9,13-14,16H,1-4H3,(H,20,21)/t13-,14-/m1/s1. The van der Waals surface area contributed by atoms with Crippen LogP contribution in [-0.2, 0) is 4.79 Å². The van der Waals surface area contributed by atoms with Crippen LogP contribution in [0, 0.1) is 17.3 Å². The van der Waals surface area contributed by atoms with Gasteiger partial charge in [-0.2, -0.15) is 8.78 Å². The Kier molecular flexibility index (Phi) is 4.54. The molecule has 120 valence electrons. The second-order valence-electron chi connectivity index (χ2n) is 6.46. The molecule has 2 atom stereocenters. The Morgan fingerprint density at radius 3 is 2.36 bits per heavy atom. The van der Waals surface area contributed by atoms with E-state index in [1.807, 2.05) is 13.8 Å². The zero-order valence-corrected chi connectivity index (χ0v) is 13.2. The maximum atomic E-state index is 12.4. The number of anilines is 1. The third-order valence-corrected chi connectivity index (χ3v) is 4.05. The molecule has 1 amide bonds. The summed E-state index contributed by atoms with van der Waals surface area (Å²) >= 11 is 0. The van der Waals surface area contributed by atoms with Gasteiger partial charge in [-0.05, 0) is 49.4 Å². The van der Waals surface area contributed by atoms with Crippen molar-refractivity contribution in [3.05, 3.63) is 35.9 Å². The molecule has 1 saturated carbocycles. The van der Waals surface area contributed by atoms with Crippen molar-refractivity contribution in [1.29, 1.82) is 0 Å². The molecule has 0 bridgehead atoms. The summed E-state index contributed by atoms with van der Waals surface area (Å²) in [5, 5.41) is 2.83. The number of rotatable bonds is 5. The van der Waals surface area contributed by atoms with Crippen LogP contribution in [0.25, 0.3) is 0 Å². The number of halogens is 2. The Morgan fingerprint density at radius 1 is 1.27 bits per heavy atom. The topological polar surface area (TPSA) is 38.3 Å². The van der Waals surface area contributed by atoms with Gasteiger partial charge < -0.3 is 10.1 Å². The molecule has 0 aromatic heterocycles. The van der Waals surface area contributed by atoms with E-state index in [1.165, 1.54) is 17.7 Å². The second kappa shape index (κ2) is 6.07. The maximum absolute atomic E-state index is 12.4. The van der Waals surface area contributed by atoms with Crippen LogP contribution in [0.15, 0.2) is 35.9 Å². The lowest BCUT2D eigenvalue weighted by Gasteiger charge is -2.08. The van der Waals surface area contributed by atoms with Gasteiger partial charge >= 0.3 is 6.61 Å². The lowest BCUT2D eigenvalue weighted by Crippen LogP contribution is -2.16.